The number of aliphatic hydroxyl groups excluding tert-OH is 1. The summed E-state index contributed by atoms with van der Waals surface area (Å²) in [7, 11) is 1.63. The van der Waals surface area contributed by atoms with Crippen LogP contribution in [0.5, 0.6) is 0 Å². The average molecular weight is 613 g/mol. The highest BCUT2D eigenvalue weighted by atomic mass is 35.5. The van der Waals surface area contributed by atoms with Gasteiger partial charge < -0.3 is 20.6 Å². The van der Waals surface area contributed by atoms with Gasteiger partial charge in [0, 0.05) is 38.8 Å². The van der Waals surface area contributed by atoms with Crippen LogP contribution in [0.1, 0.15) is 86.3 Å². The fraction of sp³-hybridized carbons (Fsp3) is 0.559. The summed E-state index contributed by atoms with van der Waals surface area (Å²) in [6, 6.07) is 15.4. The van der Waals surface area contributed by atoms with Crippen LogP contribution < -0.4 is 10.6 Å². The van der Waals surface area contributed by atoms with E-state index in [1.54, 1.807) is 7.05 Å². The lowest BCUT2D eigenvalue weighted by Gasteiger charge is -2.52. The van der Waals surface area contributed by atoms with Crippen molar-refractivity contribution in [1.82, 2.24) is 20.4 Å². The predicted molar refractivity (Wildman–Crippen MR) is 172 cm³/mol. The average Bonchev–Trinajstić information content (AvgIpc) is 3.01. The molecule has 2 fully saturated rings. The number of carbonyl (C=O) groups is 3. The first-order valence-electron chi connectivity index (χ1n) is 15.7. The van der Waals surface area contributed by atoms with E-state index in [1.165, 1.54) is 11.1 Å². The molecule has 0 unspecified atom stereocenters. The van der Waals surface area contributed by atoms with E-state index >= 15 is 0 Å². The van der Waals surface area contributed by atoms with Gasteiger partial charge in [0.15, 0.2) is 0 Å². The second kappa shape index (κ2) is 15.7. The van der Waals surface area contributed by atoms with Gasteiger partial charge in [-0.2, -0.15) is 0 Å². The molecule has 2 aliphatic rings. The number of amides is 3. The number of nitrogens with zero attached hydrogens (tertiary/aromatic N) is 2. The molecule has 3 amide bonds. The van der Waals surface area contributed by atoms with Crippen LogP contribution in [0.3, 0.4) is 0 Å². The van der Waals surface area contributed by atoms with Gasteiger partial charge in [-0.05, 0) is 60.4 Å². The number of aliphatic hydroxyl groups is 1. The zero-order chi connectivity index (χ0) is 30.3. The molecule has 43 heavy (non-hydrogen) atoms. The standard InChI is InChI=1S/C34H48N4O4.ClH/c1-5-8-19-38-32(41)29(30(39)27(6-2)7-3)36-33(42)34(38)17-20-37(21-18-34)23-26-11-9-24(10-12-26)22-25-13-15-28(16-14-25)31(40)35-4;/h9-16,27,29-30,39H,5-8,17-23H2,1-4H3,(H,35,40)(H,36,42);1H/t29-,30-;/m1./s1. The van der Waals surface area contributed by atoms with Gasteiger partial charge in [-0.3, -0.25) is 19.3 Å². The maximum atomic E-state index is 13.7. The van der Waals surface area contributed by atoms with Gasteiger partial charge in [0.25, 0.3) is 5.91 Å². The molecule has 2 saturated heterocycles. The molecule has 1 spiro atoms. The lowest BCUT2D eigenvalue weighted by molar-refractivity contribution is -0.165. The quantitative estimate of drug-likeness (QED) is 0.331. The number of likely N-dealkylation sites (tertiary alicyclic amines) is 1. The second-order valence-electron chi connectivity index (χ2n) is 11.9. The van der Waals surface area contributed by atoms with Crippen LogP contribution in [0.25, 0.3) is 0 Å². The van der Waals surface area contributed by atoms with Crippen LogP contribution in [0.4, 0.5) is 0 Å². The largest absolute Gasteiger partial charge is 0.390 e. The summed E-state index contributed by atoms with van der Waals surface area (Å²) in [5.74, 6) is -0.349. The molecule has 2 heterocycles. The molecule has 0 radical (unpaired) electrons. The summed E-state index contributed by atoms with van der Waals surface area (Å²) in [5, 5.41) is 16.6. The Balaban J connectivity index is 0.00000506. The summed E-state index contributed by atoms with van der Waals surface area (Å²) in [6.45, 7) is 8.91. The Morgan fingerprint density at radius 3 is 2.07 bits per heavy atom. The van der Waals surface area contributed by atoms with Crippen LogP contribution in [0, 0.1) is 5.92 Å². The Morgan fingerprint density at radius 1 is 0.977 bits per heavy atom. The molecule has 3 N–H and O–H groups in total. The first-order chi connectivity index (χ1) is 20.3. The van der Waals surface area contributed by atoms with Crippen molar-refractivity contribution in [2.45, 2.75) is 89.9 Å². The Morgan fingerprint density at radius 2 is 1.53 bits per heavy atom. The van der Waals surface area contributed by atoms with E-state index in [0.29, 0.717) is 24.9 Å². The van der Waals surface area contributed by atoms with Crippen molar-refractivity contribution in [2.75, 3.05) is 26.7 Å². The summed E-state index contributed by atoms with van der Waals surface area (Å²) >= 11 is 0. The fourth-order valence-electron chi connectivity index (χ4n) is 6.51. The first-order valence-corrected chi connectivity index (χ1v) is 15.7. The molecular formula is C34H49ClN4O4. The third kappa shape index (κ3) is 7.78. The van der Waals surface area contributed by atoms with Crippen LogP contribution in [0.15, 0.2) is 48.5 Å². The maximum absolute atomic E-state index is 13.7. The zero-order valence-corrected chi connectivity index (χ0v) is 26.9. The highest BCUT2D eigenvalue weighted by molar-refractivity contribution is 6.00. The van der Waals surface area contributed by atoms with Gasteiger partial charge in [-0.1, -0.05) is 76.4 Å². The van der Waals surface area contributed by atoms with Crippen molar-refractivity contribution in [3.63, 3.8) is 0 Å². The van der Waals surface area contributed by atoms with Crippen molar-refractivity contribution in [1.29, 1.82) is 0 Å². The molecule has 0 bridgehead atoms. The van der Waals surface area contributed by atoms with E-state index in [9.17, 15) is 19.5 Å². The molecule has 0 saturated carbocycles. The molecule has 2 aromatic rings. The van der Waals surface area contributed by atoms with Crippen LogP contribution >= 0.6 is 12.4 Å². The van der Waals surface area contributed by atoms with Gasteiger partial charge in [-0.25, -0.2) is 0 Å². The number of benzene rings is 2. The van der Waals surface area contributed by atoms with Gasteiger partial charge in [0.1, 0.15) is 11.6 Å². The Labute approximate surface area is 263 Å². The summed E-state index contributed by atoms with van der Waals surface area (Å²) < 4.78 is 0. The van der Waals surface area contributed by atoms with Crippen molar-refractivity contribution < 1.29 is 19.5 Å². The Kier molecular flexibility index (Phi) is 12.6. The minimum absolute atomic E-state index is 0. The number of hydrogen-bond acceptors (Lipinski definition) is 5. The number of halogens is 1. The van der Waals surface area contributed by atoms with Gasteiger partial charge >= 0.3 is 0 Å². The van der Waals surface area contributed by atoms with E-state index in [-0.39, 0.29) is 36.0 Å². The van der Waals surface area contributed by atoms with Gasteiger partial charge in [0.05, 0.1) is 6.10 Å². The molecule has 2 aromatic carbocycles. The molecule has 236 valence electrons. The molecular weight excluding hydrogens is 564 g/mol. The van der Waals surface area contributed by atoms with E-state index in [2.05, 4.69) is 46.7 Å². The second-order valence-corrected chi connectivity index (χ2v) is 11.9. The monoisotopic (exact) mass is 612 g/mol. The minimum Gasteiger partial charge on any atom is -0.390 e. The third-order valence-electron chi connectivity index (χ3n) is 9.33. The van der Waals surface area contributed by atoms with E-state index < -0.39 is 17.7 Å². The number of nitrogens with one attached hydrogen (secondary N) is 2. The number of hydrogen-bond donors (Lipinski definition) is 3. The van der Waals surface area contributed by atoms with Crippen molar-refractivity contribution >= 4 is 30.1 Å². The zero-order valence-electron chi connectivity index (χ0n) is 26.1. The fourth-order valence-corrected chi connectivity index (χ4v) is 6.51. The Bertz CT molecular complexity index is 1210. The molecule has 9 heteroatoms. The number of piperazine rings is 1. The normalized spacial score (nSPS) is 19.2. The van der Waals surface area contributed by atoms with E-state index in [1.807, 2.05) is 43.0 Å². The first kappa shape index (κ1) is 34.5. The highest BCUT2D eigenvalue weighted by Crippen LogP contribution is 2.35. The molecule has 8 nitrogen and oxygen atoms in total. The van der Waals surface area contributed by atoms with E-state index in [0.717, 1.165) is 57.3 Å². The summed E-state index contributed by atoms with van der Waals surface area (Å²) in [6.07, 6.45) is 4.40. The van der Waals surface area contributed by atoms with Crippen LogP contribution in [-0.2, 0) is 22.6 Å². The van der Waals surface area contributed by atoms with Gasteiger partial charge in [0.2, 0.25) is 11.8 Å². The van der Waals surface area contributed by atoms with Crippen molar-refractivity contribution in [3.8, 4) is 0 Å². The van der Waals surface area contributed by atoms with Crippen molar-refractivity contribution in [3.05, 3.63) is 70.8 Å². The SMILES string of the molecule is CCCCN1C(=O)[C@@H]([C@H](O)C(CC)CC)NC(=O)C12CCN(Cc1ccc(Cc3ccc(C(=O)NC)cc3)cc1)CC2.Cl. The molecule has 4 rings (SSSR count). The third-order valence-corrected chi connectivity index (χ3v) is 9.33. The lowest BCUT2D eigenvalue weighted by atomic mass is 9.79. The number of piperidine rings is 1. The smallest absolute Gasteiger partial charge is 0.251 e. The summed E-state index contributed by atoms with van der Waals surface area (Å²) in [4.78, 5) is 43.4. The highest BCUT2D eigenvalue weighted by Gasteiger charge is 2.55. The van der Waals surface area contributed by atoms with Crippen LogP contribution in [0.2, 0.25) is 0 Å². The maximum Gasteiger partial charge on any atom is 0.251 e. The molecule has 2 atom stereocenters. The predicted octanol–water partition coefficient (Wildman–Crippen LogP) is 4.32. The molecule has 2 aliphatic heterocycles. The molecule has 0 aliphatic carbocycles. The number of rotatable bonds is 12. The van der Waals surface area contributed by atoms with E-state index in [4.69, 9.17) is 0 Å². The van der Waals surface area contributed by atoms with Crippen LogP contribution in [-0.4, -0.2) is 77.0 Å². The topological polar surface area (TPSA) is 102 Å². The minimum atomic E-state index is -0.872. The summed E-state index contributed by atoms with van der Waals surface area (Å²) in [5.41, 5.74) is 3.38. The lowest BCUT2D eigenvalue weighted by Crippen LogP contribution is -2.75. The number of carbonyl (C=O) groups excluding carboxylic acids is 3. The number of unbranched alkanes of at least 4 members (excludes halogenated alkanes) is 1. The van der Waals surface area contributed by atoms with Crippen molar-refractivity contribution in [2.24, 2.45) is 5.92 Å². The molecule has 0 aromatic heterocycles. The Hall–Kier alpha value is -2.94. The van der Waals surface area contributed by atoms with Gasteiger partial charge in [-0.15, -0.1) is 12.4 Å².